The van der Waals surface area contributed by atoms with E-state index in [0.717, 1.165) is 17.5 Å². The van der Waals surface area contributed by atoms with Crippen LogP contribution in [-0.4, -0.2) is 29.3 Å². The number of oxazole rings is 1. The van der Waals surface area contributed by atoms with E-state index in [1.807, 2.05) is 6.07 Å². The molecule has 1 aromatic heterocycles. The zero-order chi connectivity index (χ0) is 17.2. The van der Waals surface area contributed by atoms with Crippen LogP contribution in [-0.2, 0) is 6.42 Å². The molecule has 3 N–H and O–H groups in total. The van der Waals surface area contributed by atoms with Crippen LogP contribution in [0.1, 0.15) is 51.0 Å². The lowest BCUT2D eigenvalue weighted by atomic mass is 10.0. The maximum absolute atomic E-state index is 10.4. The van der Waals surface area contributed by atoms with Crippen molar-refractivity contribution in [3.8, 4) is 0 Å². The molecule has 2 rings (SSSR count). The van der Waals surface area contributed by atoms with Crippen LogP contribution >= 0.6 is 0 Å². The smallest absolute Gasteiger partial charge is 0.404 e. The molecule has 1 heterocycles. The molecule has 0 radical (unpaired) electrons. The van der Waals surface area contributed by atoms with Crippen LogP contribution in [0.15, 0.2) is 22.6 Å². The number of benzene rings is 1. The lowest BCUT2D eigenvalue weighted by molar-refractivity contribution is 0.195. The number of unbranched alkanes of at least 4 members (excludes halogenated alkanes) is 5. The molecule has 24 heavy (non-hydrogen) atoms. The van der Waals surface area contributed by atoms with E-state index in [2.05, 4.69) is 34.7 Å². The van der Waals surface area contributed by atoms with Crippen molar-refractivity contribution in [2.24, 2.45) is 0 Å². The molecule has 0 unspecified atom stereocenters. The molecule has 0 aliphatic carbocycles. The van der Waals surface area contributed by atoms with Gasteiger partial charge in [-0.2, -0.15) is 4.98 Å². The van der Waals surface area contributed by atoms with Gasteiger partial charge in [0.05, 0.1) is 0 Å². The maximum Gasteiger partial charge on any atom is 0.404 e. The number of hydrogen-bond acceptors (Lipinski definition) is 4. The van der Waals surface area contributed by atoms with Crippen LogP contribution in [0.2, 0.25) is 0 Å². The van der Waals surface area contributed by atoms with Gasteiger partial charge in [-0.15, -0.1) is 0 Å². The quantitative estimate of drug-likeness (QED) is 0.530. The number of rotatable bonds is 11. The standard InChI is InChI=1S/C18H27N3O3/c1-2-3-4-5-6-7-8-14-9-10-16-15(13-14)21-17(24-16)19-11-12-20-18(22)23/h9-10,13,20H,2-8,11-12H2,1H3,(H,19,21)(H,22,23). The van der Waals surface area contributed by atoms with Gasteiger partial charge in [-0.25, -0.2) is 4.79 Å². The van der Waals surface area contributed by atoms with Crippen molar-refractivity contribution in [1.29, 1.82) is 0 Å². The van der Waals surface area contributed by atoms with Gasteiger partial charge in [0.1, 0.15) is 5.52 Å². The topological polar surface area (TPSA) is 87.4 Å². The minimum Gasteiger partial charge on any atom is -0.465 e. The minimum absolute atomic E-state index is 0.303. The van der Waals surface area contributed by atoms with Crippen molar-refractivity contribution in [1.82, 2.24) is 10.3 Å². The van der Waals surface area contributed by atoms with Crippen LogP contribution in [0.4, 0.5) is 10.8 Å². The first kappa shape index (κ1) is 18.1. The van der Waals surface area contributed by atoms with E-state index in [4.69, 9.17) is 9.52 Å². The molecular weight excluding hydrogens is 306 g/mol. The molecule has 1 amide bonds. The summed E-state index contributed by atoms with van der Waals surface area (Å²) in [6, 6.07) is 6.55. The zero-order valence-corrected chi connectivity index (χ0v) is 14.3. The van der Waals surface area contributed by atoms with E-state index in [1.54, 1.807) is 0 Å². The number of carbonyl (C=O) groups is 1. The summed E-state index contributed by atoms with van der Waals surface area (Å²) in [6.45, 7) is 2.97. The van der Waals surface area contributed by atoms with E-state index < -0.39 is 6.09 Å². The molecule has 0 bridgehead atoms. The summed E-state index contributed by atoms with van der Waals surface area (Å²) >= 11 is 0. The summed E-state index contributed by atoms with van der Waals surface area (Å²) in [6.07, 6.45) is 7.80. The molecular formula is C18H27N3O3. The fourth-order valence-electron chi connectivity index (χ4n) is 2.65. The van der Waals surface area contributed by atoms with E-state index >= 15 is 0 Å². The predicted molar refractivity (Wildman–Crippen MR) is 95.6 cm³/mol. The second kappa shape index (κ2) is 9.80. The Kier molecular flexibility index (Phi) is 7.39. The average Bonchev–Trinajstić information content (AvgIpc) is 2.96. The summed E-state index contributed by atoms with van der Waals surface area (Å²) in [5.41, 5.74) is 2.87. The van der Waals surface area contributed by atoms with Gasteiger partial charge < -0.3 is 20.2 Å². The second-order valence-corrected chi connectivity index (χ2v) is 6.00. The van der Waals surface area contributed by atoms with Gasteiger partial charge in [-0.1, -0.05) is 45.1 Å². The van der Waals surface area contributed by atoms with E-state index in [-0.39, 0.29) is 0 Å². The third-order valence-corrected chi connectivity index (χ3v) is 3.95. The van der Waals surface area contributed by atoms with Gasteiger partial charge in [0.25, 0.3) is 6.01 Å². The van der Waals surface area contributed by atoms with Gasteiger partial charge in [-0.05, 0) is 30.5 Å². The fourth-order valence-corrected chi connectivity index (χ4v) is 2.65. The third-order valence-electron chi connectivity index (χ3n) is 3.95. The number of hydrogen-bond donors (Lipinski definition) is 3. The molecule has 0 spiro atoms. The summed E-state index contributed by atoms with van der Waals surface area (Å²) in [7, 11) is 0. The van der Waals surface area contributed by atoms with Gasteiger partial charge in [0.15, 0.2) is 5.58 Å². The predicted octanol–water partition coefficient (Wildman–Crippen LogP) is 4.41. The molecule has 0 atom stereocenters. The van der Waals surface area contributed by atoms with Crippen molar-refractivity contribution in [2.45, 2.75) is 51.9 Å². The Morgan fingerprint density at radius 3 is 2.75 bits per heavy atom. The molecule has 0 aliphatic heterocycles. The lowest BCUT2D eigenvalue weighted by Gasteiger charge is -2.01. The zero-order valence-electron chi connectivity index (χ0n) is 14.3. The first-order valence-electron chi connectivity index (χ1n) is 8.79. The number of aryl methyl sites for hydroxylation is 1. The summed E-state index contributed by atoms with van der Waals surface area (Å²) < 4.78 is 5.60. The van der Waals surface area contributed by atoms with Crippen LogP contribution in [0, 0.1) is 0 Å². The summed E-state index contributed by atoms with van der Waals surface area (Å²) in [5, 5.41) is 13.8. The Hall–Kier alpha value is -2.24. The molecule has 0 aliphatic rings. The number of nitrogens with one attached hydrogen (secondary N) is 2. The van der Waals surface area contributed by atoms with Crippen molar-refractivity contribution in [3.05, 3.63) is 23.8 Å². The Morgan fingerprint density at radius 1 is 1.17 bits per heavy atom. The molecule has 2 aromatic rings. The van der Waals surface area contributed by atoms with Gasteiger partial charge in [-0.3, -0.25) is 0 Å². The van der Waals surface area contributed by atoms with Gasteiger partial charge >= 0.3 is 6.09 Å². The van der Waals surface area contributed by atoms with Gasteiger partial charge in [0, 0.05) is 13.1 Å². The molecule has 132 valence electrons. The molecule has 6 heteroatoms. The highest BCUT2D eigenvalue weighted by Gasteiger charge is 2.06. The van der Waals surface area contributed by atoms with Crippen molar-refractivity contribution in [3.63, 3.8) is 0 Å². The normalized spacial score (nSPS) is 10.9. The fraction of sp³-hybridized carbons (Fsp3) is 0.556. The number of amides is 1. The Bertz CT molecular complexity index is 639. The monoisotopic (exact) mass is 333 g/mol. The number of fused-ring (bicyclic) bond motifs is 1. The van der Waals surface area contributed by atoms with E-state index in [1.165, 1.54) is 44.1 Å². The number of nitrogens with zero attached hydrogens (tertiary/aromatic N) is 1. The highest BCUT2D eigenvalue weighted by Crippen LogP contribution is 2.21. The number of anilines is 1. The molecule has 6 nitrogen and oxygen atoms in total. The number of carboxylic acid groups (broad SMARTS) is 1. The summed E-state index contributed by atoms with van der Waals surface area (Å²) in [5.74, 6) is 0. The van der Waals surface area contributed by atoms with E-state index in [0.29, 0.717) is 19.1 Å². The summed E-state index contributed by atoms with van der Waals surface area (Å²) in [4.78, 5) is 14.8. The average molecular weight is 333 g/mol. The first-order valence-corrected chi connectivity index (χ1v) is 8.79. The molecule has 0 fully saturated rings. The Morgan fingerprint density at radius 2 is 1.96 bits per heavy atom. The van der Waals surface area contributed by atoms with Crippen LogP contribution in [0.3, 0.4) is 0 Å². The highest BCUT2D eigenvalue weighted by atomic mass is 16.4. The SMILES string of the molecule is CCCCCCCCc1ccc2oc(NCCNC(=O)O)nc2c1. The van der Waals surface area contributed by atoms with Crippen LogP contribution in [0.25, 0.3) is 11.1 Å². The minimum atomic E-state index is -1.03. The third kappa shape index (κ3) is 6.10. The van der Waals surface area contributed by atoms with E-state index in [9.17, 15) is 4.79 Å². The van der Waals surface area contributed by atoms with Crippen molar-refractivity contribution < 1.29 is 14.3 Å². The molecule has 0 saturated heterocycles. The highest BCUT2D eigenvalue weighted by molar-refractivity contribution is 5.75. The van der Waals surface area contributed by atoms with Crippen molar-refractivity contribution in [2.75, 3.05) is 18.4 Å². The molecule has 1 aromatic carbocycles. The largest absolute Gasteiger partial charge is 0.465 e. The Labute approximate surface area is 142 Å². The second-order valence-electron chi connectivity index (χ2n) is 6.00. The first-order chi connectivity index (χ1) is 11.7. The lowest BCUT2D eigenvalue weighted by Crippen LogP contribution is -2.26. The van der Waals surface area contributed by atoms with Crippen molar-refractivity contribution >= 4 is 23.2 Å². The Balaban J connectivity index is 1.79. The van der Waals surface area contributed by atoms with Gasteiger partial charge in [0.2, 0.25) is 0 Å². The van der Waals surface area contributed by atoms with Crippen LogP contribution < -0.4 is 10.6 Å². The molecule has 0 saturated carbocycles. The van der Waals surface area contributed by atoms with Crippen LogP contribution in [0.5, 0.6) is 0 Å². The number of aromatic nitrogens is 1. The maximum atomic E-state index is 10.4.